The molecule has 2 aromatic carbocycles. The van der Waals surface area contributed by atoms with E-state index >= 15 is 0 Å². The van der Waals surface area contributed by atoms with E-state index in [2.05, 4.69) is 46.7 Å². The first-order chi connectivity index (χ1) is 13.6. The SMILES string of the molecule is COc1ccc2cc(CN(C)C(=O)CN3CCC[C@H]3c3cccs3)ccc2c1. The number of benzene rings is 2. The van der Waals surface area contributed by atoms with E-state index in [1.165, 1.54) is 4.88 Å². The van der Waals surface area contributed by atoms with Gasteiger partial charge in [0.1, 0.15) is 5.75 Å². The number of fused-ring (bicyclic) bond motifs is 1. The third-order valence-electron chi connectivity index (χ3n) is 5.53. The van der Waals surface area contributed by atoms with Gasteiger partial charge in [0.2, 0.25) is 5.91 Å². The Labute approximate surface area is 170 Å². The molecule has 1 fully saturated rings. The highest BCUT2D eigenvalue weighted by Crippen LogP contribution is 2.34. The highest BCUT2D eigenvalue weighted by Gasteiger charge is 2.28. The molecule has 0 radical (unpaired) electrons. The number of carbonyl (C=O) groups is 1. The van der Waals surface area contributed by atoms with Gasteiger partial charge in [0.15, 0.2) is 0 Å². The normalized spacial score (nSPS) is 17.1. The monoisotopic (exact) mass is 394 g/mol. The number of likely N-dealkylation sites (N-methyl/N-ethyl adjacent to an activating group) is 1. The minimum atomic E-state index is 0.179. The molecule has 0 bridgehead atoms. The molecule has 0 N–H and O–H groups in total. The Balaban J connectivity index is 1.41. The Kier molecular flexibility index (Phi) is 5.64. The van der Waals surface area contributed by atoms with Gasteiger partial charge in [-0.25, -0.2) is 0 Å². The van der Waals surface area contributed by atoms with Crippen molar-refractivity contribution in [2.75, 3.05) is 27.2 Å². The van der Waals surface area contributed by atoms with Gasteiger partial charge in [-0.1, -0.05) is 24.3 Å². The molecule has 146 valence electrons. The van der Waals surface area contributed by atoms with Crippen LogP contribution in [0.4, 0.5) is 0 Å². The van der Waals surface area contributed by atoms with Gasteiger partial charge in [-0.05, 0) is 65.4 Å². The second-order valence-corrected chi connectivity index (χ2v) is 8.42. The number of likely N-dealkylation sites (tertiary alicyclic amines) is 1. The fourth-order valence-corrected chi connectivity index (χ4v) is 4.87. The summed E-state index contributed by atoms with van der Waals surface area (Å²) in [6.45, 7) is 2.11. The Morgan fingerprint density at radius 3 is 2.82 bits per heavy atom. The summed E-state index contributed by atoms with van der Waals surface area (Å²) < 4.78 is 5.29. The van der Waals surface area contributed by atoms with Crippen molar-refractivity contribution in [2.24, 2.45) is 0 Å². The van der Waals surface area contributed by atoms with Gasteiger partial charge in [-0.2, -0.15) is 0 Å². The molecule has 3 aromatic rings. The van der Waals surface area contributed by atoms with Crippen LogP contribution in [0.3, 0.4) is 0 Å². The molecule has 28 heavy (non-hydrogen) atoms. The molecule has 4 rings (SSSR count). The standard InChI is InChI=1S/C23H26N2O2S/c1-24(15-17-7-8-19-14-20(27-2)10-9-18(19)13-17)23(26)16-25-11-3-5-21(25)22-6-4-12-28-22/h4,6-10,12-14,21H,3,5,11,15-16H2,1-2H3/t21-/m0/s1. The first-order valence-corrected chi connectivity index (χ1v) is 10.6. The molecule has 0 aliphatic carbocycles. The van der Waals surface area contributed by atoms with E-state index in [1.54, 1.807) is 18.4 Å². The van der Waals surface area contributed by atoms with E-state index in [0.29, 0.717) is 19.1 Å². The van der Waals surface area contributed by atoms with E-state index in [0.717, 1.165) is 41.5 Å². The van der Waals surface area contributed by atoms with Crippen molar-refractivity contribution in [3.05, 3.63) is 64.4 Å². The second-order valence-electron chi connectivity index (χ2n) is 7.44. The molecular weight excluding hydrogens is 368 g/mol. The summed E-state index contributed by atoms with van der Waals surface area (Å²) in [5, 5.41) is 4.43. The average molecular weight is 395 g/mol. The molecule has 0 spiro atoms. The predicted molar refractivity (Wildman–Crippen MR) is 115 cm³/mol. The number of carbonyl (C=O) groups excluding carboxylic acids is 1. The maximum Gasteiger partial charge on any atom is 0.236 e. The highest BCUT2D eigenvalue weighted by atomic mass is 32.1. The lowest BCUT2D eigenvalue weighted by Gasteiger charge is -2.26. The number of thiophene rings is 1. The quantitative estimate of drug-likeness (QED) is 0.607. The molecule has 1 aliphatic rings. The van der Waals surface area contributed by atoms with Gasteiger partial charge in [-0.3, -0.25) is 9.69 Å². The largest absolute Gasteiger partial charge is 0.497 e. The minimum Gasteiger partial charge on any atom is -0.497 e. The first-order valence-electron chi connectivity index (χ1n) is 9.72. The number of ether oxygens (including phenoxy) is 1. The Morgan fingerprint density at radius 1 is 1.21 bits per heavy atom. The first kappa shape index (κ1) is 19.0. The van der Waals surface area contributed by atoms with Crippen LogP contribution in [-0.4, -0.2) is 43.0 Å². The van der Waals surface area contributed by atoms with Crippen LogP contribution in [0, 0.1) is 0 Å². The minimum absolute atomic E-state index is 0.179. The van der Waals surface area contributed by atoms with Crippen molar-refractivity contribution >= 4 is 28.0 Å². The molecule has 1 aliphatic heterocycles. The third kappa shape index (κ3) is 4.05. The molecule has 5 heteroatoms. The van der Waals surface area contributed by atoms with Crippen molar-refractivity contribution in [3.8, 4) is 5.75 Å². The zero-order chi connectivity index (χ0) is 19.5. The summed E-state index contributed by atoms with van der Waals surface area (Å²) in [7, 11) is 3.58. The number of methoxy groups -OCH3 is 1. The number of amides is 1. The number of rotatable bonds is 6. The van der Waals surface area contributed by atoms with Crippen LogP contribution in [0.15, 0.2) is 53.9 Å². The smallest absolute Gasteiger partial charge is 0.236 e. The fraction of sp³-hybridized carbons (Fsp3) is 0.348. The molecule has 0 saturated carbocycles. The zero-order valence-electron chi connectivity index (χ0n) is 16.4. The van der Waals surface area contributed by atoms with Crippen LogP contribution < -0.4 is 4.74 Å². The Hall–Kier alpha value is -2.37. The van der Waals surface area contributed by atoms with Gasteiger partial charge in [0.05, 0.1) is 13.7 Å². The molecule has 1 atom stereocenters. The van der Waals surface area contributed by atoms with Gasteiger partial charge in [0.25, 0.3) is 0 Å². The van der Waals surface area contributed by atoms with Crippen LogP contribution in [0.1, 0.15) is 29.3 Å². The maximum absolute atomic E-state index is 12.8. The molecule has 1 saturated heterocycles. The lowest BCUT2D eigenvalue weighted by molar-refractivity contribution is -0.131. The van der Waals surface area contributed by atoms with Crippen molar-refractivity contribution in [2.45, 2.75) is 25.4 Å². The average Bonchev–Trinajstić information content (AvgIpc) is 3.39. The number of hydrogen-bond donors (Lipinski definition) is 0. The van der Waals surface area contributed by atoms with Crippen molar-refractivity contribution in [3.63, 3.8) is 0 Å². The third-order valence-corrected chi connectivity index (χ3v) is 6.50. The molecular formula is C23H26N2O2S. The maximum atomic E-state index is 12.8. The topological polar surface area (TPSA) is 32.8 Å². The molecule has 4 nitrogen and oxygen atoms in total. The zero-order valence-corrected chi connectivity index (χ0v) is 17.2. The van der Waals surface area contributed by atoms with Crippen LogP contribution >= 0.6 is 11.3 Å². The lowest BCUT2D eigenvalue weighted by atomic mass is 10.1. The van der Waals surface area contributed by atoms with E-state index in [4.69, 9.17) is 4.74 Å². The van der Waals surface area contributed by atoms with Gasteiger partial charge < -0.3 is 9.64 Å². The number of hydrogen-bond acceptors (Lipinski definition) is 4. The van der Waals surface area contributed by atoms with Crippen LogP contribution in [0.25, 0.3) is 10.8 Å². The van der Waals surface area contributed by atoms with Crippen molar-refractivity contribution in [1.29, 1.82) is 0 Å². The van der Waals surface area contributed by atoms with Crippen LogP contribution in [0.2, 0.25) is 0 Å². The fourth-order valence-electron chi connectivity index (χ4n) is 3.97. The van der Waals surface area contributed by atoms with Gasteiger partial charge in [0, 0.05) is 24.5 Å². The Bertz CT molecular complexity index is 954. The van der Waals surface area contributed by atoms with Crippen LogP contribution in [0.5, 0.6) is 5.75 Å². The van der Waals surface area contributed by atoms with E-state index < -0.39 is 0 Å². The summed E-state index contributed by atoms with van der Waals surface area (Å²) in [6.07, 6.45) is 2.30. The van der Waals surface area contributed by atoms with Crippen LogP contribution in [-0.2, 0) is 11.3 Å². The summed E-state index contributed by atoms with van der Waals surface area (Å²) in [5.74, 6) is 1.04. The van der Waals surface area contributed by atoms with Gasteiger partial charge >= 0.3 is 0 Å². The van der Waals surface area contributed by atoms with Gasteiger partial charge in [-0.15, -0.1) is 11.3 Å². The number of nitrogens with zero attached hydrogens (tertiary/aromatic N) is 2. The summed E-state index contributed by atoms with van der Waals surface area (Å²) in [6, 6.07) is 17.1. The molecule has 2 heterocycles. The predicted octanol–water partition coefficient (Wildman–Crippen LogP) is 4.71. The summed E-state index contributed by atoms with van der Waals surface area (Å²) in [4.78, 5) is 18.4. The van der Waals surface area contributed by atoms with E-state index in [-0.39, 0.29) is 5.91 Å². The molecule has 1 aromatic heterocycles. The van der Waals surface area contributed by atoms with Crippen molar-refractivity contribution < 1.29 is 9.53 Å². The van der Waals surface area contributed by atoms with E-state index in [1.807, 2.05) is 24.1 Å². The van der Waals surface area contributed by atoms with Crippen molar-refractivity contribution in [1.82, 2.24) is 9.80 Å². The summed E-state index contributed by atoms with van der Waals surface area (Å²) in [5.41, 5.74) is 1.14. The molecule has 0 unspecified atom stereocenters. The summed E-state index contributed by atoms with van der Waals surface area (Å²) >= 11 is 1.79. The lowest BCUT2D eigenvalue weighted by Crippen LogP contribution is -2.37. The Morgan fingerprint density at radius 2 is 2.04 bits per heavy atom. The highest BCUT2D eigenvalue weighted by molar-refractivity contribution is 7.10. The second kappa shape index (κ2) is 8.33. The molecule has 1 amide bonds. The van der Waals surface area contributed by atoms with E-state index in [9.17, 15) is 4.79 Å².